The molecule has 0 radical (unpaired) electrons. The Balaban J connectivity index is 1.49. The molecule has 6 heteroatoms. The minimum atomic E-state index is -0.954. The summed E-state index contributed by atoms with van der Waals surface area (Å²) in [6, 6.07) is 14.1. The zero-order valence-electron chi connectivity index (χ0n) is 15.0. The van der Waals surface area contributed by atoms with Crippen molar-refractivity contribution in [3.05, 3.63) is 66.8 Å². The van der Waals surface area contributed by atoms with E-state index in [2.05, 4.69) is 39.4 Å². The number of aliphatic hydroxyl groups is 1. The van der Waals surface area contributed by atoms with Gasteiger partial charge < -0.3 is 18.9 Å². The van der Waals surface area contributed by atoms with Crippen LogP contribution in [-0.2, 0) is 5.60 Å². The summed E-state index contributed by atoms with van der Waals surface area (Å²) >= 11 is 0. The number of benzene rings is 1. The van der Waals surface area contributed by atoms with E-state index in [-0.39, 0.29) is 0 Å². The molecule has 0 saturated carbocycles. The second kappa shape index (κ2) is 6.04. The van der Waals surface area contributed by atoms with Crippen molar-refractivity contribution >= 4 is 5.65 Å². The van der Waals surface area contributed by atoms with Gasteiger partial charge in [0, 0.05) is 43.3 Å². The van der Waals surface area contributed by atoms with Gasteiger partial charge in [-0.1, -0.05) is 23.4 Å². The van der Waals surface area contributed by atoms with Crippen LogP contribution in [0.3, 0.4) is 0 Å². The molecular formula is C21H20N4O2. The molecule has 1 saturated heterocycles. The second-order valence-corrected chi connectivity index (χ2v) is 7.29. The number of likely N-dealkylation sites (tertiary alicyclic amines) is 1. The van der Waals surface area contributed by atoms with Crippen LogP contribution in [0.15, 0.2) is 65.6 Å². The van der Waals surface area contributed by atoms with Crippen LogP contribution < -0.4 is 0 Å². The first-order valence-electron chi connectivity index (χ1n) is 9.02. The molecule has 0 spiro atoms. The molecule has 1 aromatic carbocycles. The monoisotopic (exact) mass is 360 g/mol. The predicted octanol–water partition coefficient (Wildman–Crippen LogP) is 3.18. The van der Waals surface area contributed by atoms with Gasteiger partial charge in [-0.25, -0.2) is 4.98 Å². The van der Waals surface area contributed by atoms with Crippen LogP contribution in [0.4, 0.5) is 0 Å². The first kappa shape index (κ1) is 16.2. The van der Waals surface area contributed by atoms with E-state index in [1.54, 1.807) is 6.20 Å². The van der Waals surface area contributed by atoms with Crippen molar-refractivity contribution in [3.63, 3.8) is 0 Å². The average molecular weight is 360 g/mol. The van der Waals surface area contributed by atoms with Crippen molar-refractivity contribution in [2.24, 2.45) is 0 Å². The fraction of sp³-hybridized carbons (Fsp3) is 0.238. The lowest BCUT2D eigenvalue weighted by Crippen LogP contribution is -2.28. The van der Waals surface area contributed by atoms with Gasteiger partial charge in [0.15, 0.2) is 5.76 Å². The average Bonchev–Trinajstić information content (AvgIpc) is 3.41. The van der Waals surface area contributed by atoms with Gasteiger partial charge in [0.2, 0.25) is 0 Å². The van der Waals surface area contributed by atoms with Crippen LogP contribution in [0.1, 0.15) is 12.2 Å². The Bertz CT molecular complexity index is 1120. The minimum absolute atomic E-state index is 0.534. The molecule has 6 nitrogen and oxygen atoms in total. The lowest BCUT2D eigenvalue weighted by molar-refractivity contribution is 0.0211. The summed E-state index contributed by atoms with van der Waals surface area (Å²) in [7, 11) is 2.00. The maximum Gasteiger partial charge on any atom is 0.170 e. The minimum Gasteiger partial charge on any atom is -0.380 e. The summed E-state index contributed by atoms with van der Waals surface area (Å²) in [6.45, 7) is 1.41. The van der Waals surface area contributed by atoms with Gasteiger partial charge in [-0.15, -0.1) is 0 Å². The van der Waals surface area contributed by atoms with E-state index < -0.39 is 5.60 Å². The van der Waals surface area contributed by atoms with Crippen LogP contribution in [-0.4, -0.2) is 44.7 Å². The molecule has 4 heterocycles. The van der Waals surface area contributed by atoms with Gasteiger partial charge in [-0.3, -0.25) is 0 Å². The Labute approximate surface area is 156 Å². The summed E-state index contributed by atoms with van der Waals surface area (Å²) < 4.78 is 7.51. The maximum atomic E-state index is 10.8. The molecule has 5 rings (SSSR count). The molecule has 0 bridgehead atoms. The van der Waals surface area contributed by atoms with Gasteiger partial charge in [0.05, 0.1) is 0 Å². The van der Waals surface area contributed by atoms with Gasteiger partial charge in [-0.05, 0) is 42.8 Å². The molecule has 1 aliphatic rings. The molecule has 1 aliphatic heterocycles. The zero-order valence-corrected chi connectivity index (χ0v) is 15.0. The van der Waals surface area contributed by atoms with Crippen molar-refractivity contribution in [2.75, 3.05) is 20.1 Å². The van der Waals surface area contributed by atoms with Crippen LogP contribution in [0, 0.1) is 0 Å². The SMILES string of the molecule is CN1CC[C@@](O)(c2cc(-c3cccc(-c4ccc5nccn5c4)c3)no2)C1. The Morgan fingerprint density at radius 1 is 1.11 bits per heavy atom. The molecule has 1 atom stereocenters. The van der Waals surface area contributed by atoms with E-state index in [0.717, 1.165) is 34.6 Å². The standard InChI is InChI=1S/C21H20N4O2/c1-24-9-7-21(26,14-24)19-12-18(23-27-19)16-4-2-3-15(11-16)17-5-6-20-22-8-10-25(20)13-17/h2-6,8,10-13,26H,7,9,14H2,1H3/t21-/m0/s1. The lowest BCUT2D eigenvalue weighted by Gasteiger charge is -2.18. The van der Waals surface area contributed by atoms with Crippen LogP contribution in [0.5, 0.6) is 0 Å². The van der Waals surface area contributed by atoms with Gasteiger partial charge in [-0.2, -0.15) is 0 Å². The van der Waals surface area contributed by atoms with Gasteiger partial charge in [0.1, 0.15) is 16.9 Å². The fourth-order valence-electron chi connectivity index (χ4n) is 3.76. The van der Waals surface area contributed by atoms with Crippen molar-refractivity contribution in [2.45, 2.75) is 12.0 Å². The third-order valence-corrected chi connectivity index (χ3v) is 5.29. The molecule has 1 N–H and O–H groups in total. The molecule has 1 fully saturated rings. The topological polar surface area (TPSA) is 66.8 Å². The summed E-state index contributed by atoms with van der Waals surface area (Å²) in [6.07, 6.45) is 6.44. The summed E-state index contributed by atoms with van der Waals surface area (Å²) in [5.41, 5.74) is 3.85. The number of β-amino-alcohol motifs (C(OH)–C–C–N with tert-alkyl or cyclic N) is 1. The van der Waals surface area contributed by atoms with Gasteiger partial charge >= 0.3 is 0 Å². The smallest absolute Gasteiger partial charge is 0.170 e. The quantitative estimate of drug-likeness (QED) is 0.608. The number of fused-ring (bicyclic) bond motifs is 1. The van der Waals surface area contributed by atoms with Crippen LogP contribution >= 0.6 is 0 Å². The molecule has 0 aliphatic carbocycles. The van der Waals surface area contributed by atoms with Crippen LogP contribution in [0.2, 0.25) is 0 Å². The van der Waals surface area contributed by atoms with Crippen molar-refractivity contribution in [3.8, 4) is 22.4 Å². The molecule has 3 aromatic heterocycles. The van der Waals surface area contributed by atoms with Crippen molar-refractivity contribution in [1.82, 2.24) is 19.4 Å². The number of pyridine rings is 1. The molecule has 0 amide bonds. The third kappa shape index (κ3) is 2.83. The van der Waals surface area contributed by atoms with E-state index in [0.29, 0.717) is 18.7 Å². The number of hydrogen-bond acceptors (Lipinski definition) is 5. The van der Waals surface area contributed by atoms with Gasteiger partial charge in [0.25, 0.3) is 0 Å². The van der Waals surface area contributed by atoms with E-state index in [4.69, 9.17) is 4.52 Å². The lowest BCUT2D eigenvalue weighted by atomic mass is 9.98. The molecule has 136 valence electrons. The molecule has 27 heavy (non-hydrogen) atoms. The van der Waals surface area contributed by atoms with Crippen molar-refractivity contribution in [1.29, 1.82) is 0 Å². The van der Waals surface area contributed by atoms with E-state index >= 15 is 0 Å². The highest BCUT2D eigenvalue weighted by Crippen LogP contribution is 2.34. The van der Waals surface area contributed by atoms with E-state index in [1.165, 1.54) is 0 Å². The molecular weight excluding hydrogens is 340 g/mol. The first-order chi connectivity index (χ1) is 13.1. The summed E-state index contributed by atoms with van der Waals surface area (Å²) in [4.78, 5) is 6.38. The molecule has 0 unspecified atom stereocenters. The number of hydrogen-bond donors (Lipinski definition) is 1. The number of imidazole rings is 1. The number of nitrogens with zero attached hydrogens (tertiary/aromatic N) is 4. The Kier molecular flexibility index (Phi) is 3.63. The Hall–Kier alpha value is -2.96. The Morgan fingerprint density at radius 2 is 2.00 bits per heavy atom. The predicted molar refractivity (Wildman–Crippen MR) is 102 cm³/mol. The van der Waals surface area contributed by atoms with Crippen LogP contribution in [0.25, 0.3) is 28.0 Å². The maximum absolute atomic E-state index is 10.8. The highest BCUT2D eigenvalue weighted by Gasteiger charge is 2.39. The normalized spacial score (nSPS) is 20.5. The Morgan fingerprint density at radius 3 is 2.85 bits per heavy atom. The first-order valence-corrected chi connectivity index (χ1v) is 9.02. The van der Waals surface area contributed by atoms with Crippen molar-refractivity contribution < 1.29 is 9.63 Å². The third-order valence-electron chi connectivity index (χ3n) is 5.29. The second-order valence-electron chi connectivity index (χ2n) is 7.29. The van der Waals surface area contributed by atoms with E-state index in [1.807, 2.05) is 41.9 Å². The summed E-state index contributed by atoms with van der Waals surface area (Å²) in [5.74, 6) is 0.534. The highest BCUT2D eigenvalue weighted by atomic mass is 16.5. The zero-order chi connectivity index (χ0) is 18.4. The molecule has 4 aromatic rings. The highest BCUT2D eigenvalue weighted by molar-refractivity contribution is 5.71. The largest absolute Gasteiger partial charge is 0.380 e. The number of rotatable bonds is 3. The number of aromatic nitrogens is 3. The van der Waals surface area contributed by atoms with E-state index in [9.17, 15) is 5.11 Å². The fourth-order valence-corrected chi connectivity index (χ4v) is 3.76. The summed E-state index contributed by atoms with van der Waals surface area (Å²) in [5, 5.41) is 15.0. The number of likely N-dealkylation sites (N-methyl/N-ethyl adjacent to an activating group) is 1.